The quantitative estimate of drug-likeness (QED) is 0.619. The van der Waals surface area contributed by atoms with E-state index >= 15 is 0 Å². The smallest absolute Gasteiger partial charge is 0.264 e. The molecule has 158 valence electrons. The minimum Gasteiger partial charge on any atom is -0.267 e. The van der Waals surface area contributed by atoms with Crippen molar-refractivity contribution in [1.82, 2.24) is 0 Å². The molecule has 2 aromatic carbocycles. The fourth-order valence-electron chi connectivity index (χ4n) is 3.77. The summed E-state index contributed by atoms with van der Waals surface area (Å²) in [6.45, 7) is 0. The minimum absolute atomic E-state index is 0.0514. The molecule has 0 heterocycles. The predicted molar refractivity (Wildman–Crippen MR) is 105 cm³/mol. The predicted octanol–water partition coefficient (Wildman–Crippen LogP) is 4.21. The van der Waals surface area contributed by atoms with E-state index in [-0.39, 0.29) is 36.1 Å². The summed E-state index contributed by atoms with van der Waals surface area (Å²) in [7, 11) is -7.90. The molecule has 0 aliphatic heterocycles. The van der Waals surface area contributed by atoms with Crippen molar-refractivity contribution in [2.75, 3.05) is 6.26 Å². The first kappa shape index (κ1) is 22.1. The highest BCUT2D eigenvalue weighted by molar-refractivity contribution is 7.92. The summed E-state index contributed by atoms with van der Waals surface area (Å²) in [5.41, 5.74) is -0.273. The second kappa shape index (κ2) is 7.94. The summed E-state index contributed by atoms with van der Waals surface area (Å²) in [4.78, 5) is -0.0759. The first-order valence-corrected chi connectivity index (χ1v) is 12.5. The van der Waals surface area contributed by atoms with Crippen molar-refractivity contribution in [1.29, 1.82) is 0 Å². The Kier molecular flexibility index (Phi) is 6.06. The first-order chi connectivity index (χ1) is 13.4. The van der Waals surface area contributed by atoms with Gasteiger partial charge < -0.3 is 0 Å². The third-order valence-electron chi connectivity index (χ3n) is 5.11. The zero-order valence-electron chi connectivity index (χ0n) is 15.4. The van der Waals surface area contributed by atoms with E-state index in [4.69, 9.17) is 15.8 Å². The van der Waals surface area contributed by atoms with Crippen molar-refractivity contribution in [3.63, 3.8) is 0 Å². The summed E-state index contributed by atoms with van der Waals surface area (Å²) in [5, 5.41) is 0.334. The van der Waals surface area contributed by atoms with Gasteiger partial charge in [0, 0.05) is 10.6 Å². The fourth-order valence-corrected chi connectivity index (χ4v) is 6.75. The maximum atomic E-state index is 14.7. The van der Waals surface area contributed by atoms with Gasteiger partial charge >= 0.3 is 0 Å². The lowest BCUT2D eigenvalue weighted by Gasteiger charge is -2.39. The Balaban J connectivity index is 2.11. The summed E-state index contributed by atoms with van der Waals surface area (Å²) >= 11 is 5.85. The van der Waals surface area contributed by atoms with E-state index in [0.29, 0.717) is 5.02 Å². The van der Waals surface area contributed by atoms with Gasteiger partial charge in [0.2, 0.25) is 0 Å². The van der Waals surface area contributed by atoms with Gasteiger partial charge in [-0.3, -0.25) is 4.18 Å². The Morgan fingerprint density at radius 2 is 1.59 bits per heavy atom. The zero-order chi connectivity index (χ0) is 21.4. The molecule has 0 N–H and O–H groups in total. The van der Waals surface area contributed by atoms with Crippen LogP contribution in [0.5, 0.6) is 0 Å². The van der Waals surface area contributed by atoms with Gasteiger partial charge in [0.15, 0.2) is 9.84 Å². The molecule has 0 amide bonds. The van der Waals surface area contributed by atoms with E-state index in [9.17, 15) is 25.6 Å². The number of hydrogen-bond acceptors (Lipinski definition) is 5. The minimum atomic E-state index is -4.17. The molecule has 1 saturated carbocycles. The molecule has 0 saturated heterocycles. The van der Waals surface area contributed by atoms with Crippen LogP contribution in [0.1, 0.15) is 31.2 Å². The van der Waals surface area contributed by atoms with Gasteiger partial charge in [0.05, 0.1) is 17.3 Å². The molecule has 3 rings (SSSR count). The Morgan fingerprint density at radius 1 is 1.00 bits per heavy atom. The van der Waals surface area contributed by atoms with Crippen LogP contribution in [-0.2, 0) is 28.9 Å². The molecule has 0 unspecified atom stereocenters. The lowest BCUT2D eigenvalue weighted by Crippen LogP contribution is -2.42. The molecule has 1 aliphatic carbocycles. The van der Waals surface area contributed by atoms with Gasteiger partial charge in [-0.05, 0) is 68.1 Å². The third-order valence-corrected chi connectivity index (χ3v) is 8.53. The zero-order valence-corrected chi connectivity index (χ0v) is 17.8. The second-order valence-corrected chi connectivity index (χ2v) is 11.4. The van der Waals surface area contributed by atoms with Crippen molar-refractivity contribution in [3.8, 4) is 0 Å². The second-order valence-electron chi connectivity index (χ2n) is 7.08. The highest BCUT2D eigenvalue weighted by Gasteiger charge is 2.50. The Labute approximate surface area is 173 Å². The molecular weight excluding hydrogens is 446 g/mol. The number of rotatable bonds is 5. The number of benzene rings is 2. The maximum absolute atomic E-state index is 14.7. The van der Waals surface area contributed by atoms with Crippen LogP contribution in [0.3, 0.4) is 0 Å². The Bertz CT molecular complexity index is 1110. The van der Waals surface area contributed by atoms with Crippen molar-refractivity contribution in [2.45, 2.75) is 41.4 Å². The van der Waals surface area contributed by atoms with Crippen LogP contribution < -0.4 is 0 Å². The van der Waals surface area contributed by atoms with Crippen molar-refractivity contribution in [2.24, 2.45) is 0 Å². The Morgan fingerprint density at radius 3 is 2.14 bits per heavy atom. The average molecular weight is 465 g/mol. The number of hydrogen-bond donors (Lipinski definition) is 0. The van der Waals surface area contributed by atoms with Gasteiger partial charge in [0.1, 0.15) is 16.4 Å². The summed E-state index contributed by atoms with van der Waals surface area (Å²) in [5.74, 6) is -1.60. The van der Waals surface area contributed by atoms with E-state index in [1.165, 1.54) is 24.3 Å². The van der Waals surface area contributed by atoms with Crippen molar-refractivity contribution in [3.05, 3.63) is 64.7 Å². The lowest BCUT2D eigenvalue weighted by molar-refractivity contribution is 0.144. The molecule has 10 heteroatoms. The van der Waals surface area contributed by atoms with E-state index in [1.807, 2.05) is 0 Å². The topological polar surface area (TPSA) is 77.5 Å². The largest absolute Gasteiger partial charge is 0.267 e. The fraction of sp³-hybridized carbons (Fsp3) is 0.368. The third kappa shape index (κ3) is 4.47. The van der Waals surface area contributed by atoms with E-state index in [1.54, 1.807) is 0 Å². The molecular formula is C19H19ClF2O5S2. The van der Waals surface area contributed by atoms with Crippen LogP contribution >= 0.6 is 11.6 Å². The molecule has 5 nitrogen and oxygen atoms in total. The van der Waals surface area contributed by atoms with Crippen molar-refractivity contribution >= 4 is 31.6 Å². The molecule has 1 fully saturated rings. The normalized spacial score (nSPS) is 23.1. The van der Waals surface area contributed by atoms with E-state index < -0.39 is 42.4 Å². The molecule has 0 atom stereocenters. The summed E-state index contributed by atoms with van der Waals surface area (Å²) in [6.07, 6.45) is 0.0315. The van der Waals surface area contributed by atoms with Crippen molar-refractivity contribution < 1.29 is 29.8 Å². The van der Waals surface area contributed by atoms with Gasteiger partial charge in [-0.15, -0.1) is 0 Å². The van der Waals surface area contributed by atoms with Crippen LogP contribution in [-0.4, -0.2) is 29.2 Å². The summed E-state index contributed by atoms with van der Waals surface area (Å²) < 4.78 is 81.9. The average Bonchev–Trinajstić information content (AvgIpc) is 2.63. The molecule has 0 aromatic heterocycles. The first-order valence-electron chi connectivity index (χ1n) is 8.79. The Hall–Kier alpha value is -1.55. The van der Waals surface area contributed by atoms with Crippen LogP contribution in [0.15, 0.2) is 47.4 Å². The highest BCUT2D eigenvalue weighted by Crippen LogP contribution is 2.48. The monoisotopic (exact) mass is 464 g/mol. The molecule has 0 bridgehead atoms. The maximum Gasteiger partial charge on any atom is 0.264 e. The van der Waals surface area contributed by atoms with Crippen LogP contribution in [0, 0.1) is 11.6 Å². The van der Waals surface area contributed by atoms with Crippen LogP contribution in [0.4, 0.5) is 8.78 Å². The lowest BCUT2D eigenvalue weighted by atomic mass is 9.81. The van der Waals surface area contributed by atoms with Gasteiger partial charge in [-0.1, -0.05) is 11.6 Å². The summed E-state index contributed by atoms with van der Waals surface area (Å²) in [6, 6.07) is 8.14. The van der Waals surface area contributed by atoms with E-state index in [0.717, 1.165) is 24.5 Å². The standard InChI is InChI=1S/C19H19ClF2O5S2/c1-28(23,24)27-15-8-10-19(11-9-15,17-12-14(21)4-7-18(17)22)29(25,26)16-5-2-13(20)3-6-16/h2-7,12,15H,8-11H2,1H3/t15-,19+. The molecule has 2 aromatic rings. The molecule has 0 spiro atoms. The van der Waals surface area contributed by atoms with Gasteiger partial charge in [-0.2, -0.15) is 8.42 Å². The number of halogens is 3. The van der Waals surface area contributed by atoms with Gasteiger partial charge in [-0.25, -0.2) is 17.2 Å². The van der Waals surface area contributed by atoms with Crippen LogP contribution in [0.2, 0.25) is 5.02 Å². The SMILES string of the molecule is CS(=O)(=O)O[C@H]1CC[C@@](c2cc(F)ccc2F)(S(=O)(=O)c2ccc(Cl)cc2)CC1. The van der Waals surface area contributed by atoms with E-state index in [2.05, 4.69) is 0 Å². The molecule has 1 aliphatic rings. The highest BCUT2D eigenvalue weighted by atomic mass is 35.5. The molecule has 0 radical (unpaired) electrons. The van der Waals surface area contributed by atoms with Crippen LogP contribution in [0.25, 0.3) is 0 Å². The van der Waals surface area contributed by atoms with Gasteiger partial charge in [0.25, 0.3) is 10.1 Å². The number of sulfone groups is 1. The molecule has 29 heavy (non-hydrogen) atoms.